The Kier molecular flexibility index (Phi) is 2.42. The Hall–Kier alpha value is -1.84. The van der Waals surface area contributed by atoms with Gasteiger partial charge in [0.1, 0.15) is 0 Å². The van der Waals surface area contributed by atoms with Crippen LogP contribution >= 0.6 is 0 Å². The summed E-state index contributed by atoms with van der Waals surface area (Å²) in [6.45, 7) is 0. The first-order chi connectivity index (χ1) is 5.74. The summed E-state index contributed by atoms with van der Waals surface area (Å²) in [6.07, 6.45) is 0.117. The Balaban J connectivity index is 2.82. The van der Waals surface area contributed by atoms with Crippen molar-refractivity contribution in [3.63, 3.8) is 0 Å². The number of hydrogen-bond acceptors (Lipinski definition) is 2. The molecule has 0 aliphatic rings. The first-order valence-electron chi connectivity index (χ1n) is 3.26. The maximum Gasteiger partial charge on any atom is 0.288 e. The molecular weight excluding hydrogens is 158 g/mol. The molecule has 4 heteroatoms. The Morgan fingerprint density at radius 2 is 2.00 bits per heavy atom. The molecule has 12 heavy (non-hydrogen) atoms. The maximum absolute atomic E-state index is 10.9. The highest BCUT2D eigenvalue weighted by Gasteiger charge is 2.04. The molecule has 1 rings (SSSR count). The molecular formula is C8H6NO3. The molecule has 1 radical (unpaired) electrons. The van der Waals surface area contributed by atoms with E-state index in [-0.39, 0.29) is 17.7 Å². The van der Waals surface area contributed by atoms with Gasteiger partial charge in [0.2, 0.25) is 12.0 Å². The van der Waals surface area contributed by atoms with Crippen molar-refractivity contribution in [2.45, 2.75) is 0 Å². The Bertz CT molecular complexity index is 309. The summed E-state index contributed by atoms with van der Waals surface area (Å²) in [5.41, 5.74) is 0.120. The summed E-state index contributed by atoms with van der Waals surface area (Å²) in [7, 11) is 0. The highest BCUT2D eigenvalue weighted by Crippen LogP contribution is 2.21. The van der Waals surface area contributed by atoms with Crippen molar-refractivity contribution in [2.75, 3.05) is 5.32 Å². The van der Waals surface area contributed by atoms with Crippen LogP contribution < -0.4 is 5.32 Å². The van der Waals surface area contributed by atoms with Gasteiger partial charge >= 0.3 is 0 Å². The summed E-state index contributed by atoms with van der Waals surface area (Å²) < 4.78 is 0. The predicted molar refractivity (Wildman–Crippen MR) is 41.3 cm³/mol. The van der Waals surface area contributed by atoms with Gasteiger partial charge in [-0.25, -0.2) is 0 Å². The van der Waals surface area contributed by atoms with Gasteiger partial charge in [0.05, 0.1) is 5.69 Å². The molecule has 4 nitrogen and oxygen atoms in total. The molecule has 0 saturated heterocycles. The highest BCUT2D eigenvalue weighted by atomic mass is 16.3. The van der Waals surface area contributed by atoms with E-state index in [1.54, 1.807) is 12.1 Å². The first-order valence-corrected chi connectivity index (χ1v) is 3.26. The lowest BCUT2D eigenvalue weighted by Crippen LogP contribution is -2.11. The van der Waals surface area contributed by atoms with E-state index in [4.69, 9.17) is 0 Å². The summed E-state index contributed by atoms with van der Waals surface area (Å²) in [5, 5.41) is 13.1. The molecule has 0 bridgehead atoms. The molecule has 0 atom stereocenters. The zero-order chi connectivity index (χ0) is 8.97. The van der Waals surface area contributed by atoms with Gasteiger partial charge in [-0.05, 0) is 12.1 Å². The number of carbonyl (C=O) groups excluding carboxylic acids is 2. The van der Waals surface area contributed by atoms with Crippen LogP contribution in [0.25, 0.3) is 0 Å². The quantitative estimate of drug-likeness (QED) is 0.522. The average Bonchev–Trinajstić information content (AvgIpc) is 2.09. The number of para-hydroxylation sites is 2. The van der Waals surface area contributed by atoms with Crippen molar-refractivity contribution in [2.24, 2.45) is 0 Å². The van der Waals surface area contributed by atoms with Crippen LogP contribution in [0.4, 0.5) is 5.69 Å². The van der Waals surface area contributed by atoms with Crippen LogP contribution in [0.3, 0.4) is 0 Å². The SMILES string of the molecule is [O]c1ccccc1NC(=O)C=O. The minimum atomic E-state index is -0.821. The van der Waals surface area contributed by atoms with E-state index in [2.05, 4.69) is 5.32 Å². The third-order valence-corrected chi connectivity index (χ3v) is 1.25. The molecule has 0 aromatic heterocycles. The molecule has 0 unspecified atom stereocenters. The van der Waals surface area contributed by atoms with E-state index in [0.29, 0.717) is 0 Å². The number of amides is 1. The normalized spacial score (nSPS) is 9.00. The molecule has 1 aromatic rings. The van der Waals surface area contributed by atoms with Gasteiger partial charge in [-0.1, -0.05) is 12.1 Å². The molecule has 0 fully saturated rings. The maximum atomic E-state index is 10.9. The molecule has 61 valence electrons. The number of hydrogen-bond donors (Lipinski definition) is 1. The minimum Gasteiger partial charge on any atom is -0.316 e. The van der Waals surface area contributed by atoms with Gasteiger partial charge in [0.25, 0.3) is 5.91 Å². The number of nitrogens with one attached hydrogen (secondary N) is 1. The number of benzene rings is 1. The van der Waals surface area contributed by atoms with Crippen molar-refractivity contribution in [3.05, 3.63) is 24.3 Å². The fourth-order valence-electron chi connectivity index (χ4n) is 0.732. The lowest BCUT2D eigenvalue weighted by Gasteiger charge is -1.99. The first kappa shape index (κ1) is 8.26. The monoisotopic (exact) mass is 164 g/mol. The summed E-state index contributed by atoms with van der Waals surface area (Å²) in [5.74, 6) is -1.13. The molecule has 1 amide bonds. The Morgan fingerprint density at radius 1 is 1.33 bits per heavy atom. The third kappa shape index (κ3) is 1.82. The number of carbonyl (C=O) groups is 2. The van der Waals surface area contributed by atoms with E-state index >= 15 is 0 Å². The minimum absolute atomic E-state index is 0.117. The van der Waals surface area contributed by atoms with Crippen molar-refractivity contribution < 1.29 is 14.7 Å². The third-order valence-electron chi connectivity index (χ3n) is 1.25. The summed E-state index contributed by atoms with van der Waals surface area (Å²) in [4.78, 5) is 20.4. The van der Waals surface area contributed by atoms with Crippen LogP contribution in [0.2, 0.25) is 0 Å². The van der Waals surface area contributed by atoms with Gasteiger partial charge in [-0.2, -0.15) is 0 Å². The summed E-state index contributed by atoms with van der Waals surface area (Å²) in [6, 6.07) is 5.89. The van der Waals surface area contributed by atoms with E-state index < -0.39 is 5.91 Å². The Labute approximate surface area is 68.8 Å². The Morgan fingerprint density at radius 3 is 2.58 bits per heavy atom. The van der Waals surface area contributed by atoms with E-state index in [1.165, 1.54) is 12.1 Å². The predicted octanol–water partition coefficient (Wildman–Crippen LogP) is 0.968. The van der Waals surface area contributed by atoms with Crippen LogP contribution in [0.1, 0.15) is 0 Å². The fourth-order valence-corrected chi connectivity index (χ4v) is 0.732. The lowest BCUT2D eigenvalue weighted by molar-refractivity contribution is -0.127. The average molecular weight is 164 g/mol. The second-order valence-electron chi connectivity index (χ2n) is 2.10. The standard InChI is InChI=1S/C8H6NO3/c10-5-8(12)9-6-3-1-2-4-7(6)11/h1-5H,(H,9,12). The van der Waals surface area contributed by atoms with Gasteiger partial charge in [0.15, 0.2) is 0 Å². The molecule has 1 aromatic carbocycles. The molecule has 0 spiro atoms. The van der Waals surface area contributed by atoms with Crippen LogP contribution in [-0.4, -0.2) is 12.2 Å². The van der Waals surface area contributed by atoms with Crippen LogP contribution in [-0.2, 0) is 14.7 Å². The van der Waals surface area contributed by atoms with E-state index in [0.717, 1.165) is 0 Å². The molecule has 0 aliphatic carbocycles. The molecule has 0 heterocycles. The second kappa shape index (κ2) is 3.52. The van der Waals surface area contributed by atoms with Crippen LogP contribution in [0, 0.1) is 0 Å². The molecule has 0 saturated carbocycles. The van der Waals surface area contributed by atoms with Gasteiger partial charge in [0, 0.05) is 0 Å². The van der Waals surface area contributed by atoms with E-state index in [9.17, 15) is 14.7 Å². The number of rotatable bonds is 2. The zero-order valence-electron chi connectivity index (χ0n) is 6.11. The second-order valence-corrected chi connectivity index (χ2v) is 2.10. The van der Waals surface area contributed by atoms with Gasteiger partial charge in [-0.15, -0.1) is 0 Å². The zero-order valence-corrected chi connectivity index (χ0v) is 6.11. The number of aldehydes is 1. The number of anilines is 1. The van der Waals surface area contributed by atoms with Gasteiger partial charge < -0.3 is 5.32 Å². The fraction of sp³-hybridized carbons (Fsp3) is 0. The molecule has 0 aliphatic heterocycles. The van der Waals surface area contributed by atoms with Crippen LogP contribution in [0.15, 0.2) is 24.3 Å². The van der Waals surface area contributed by atoms with E-state index in [1.807, 2.05) is 0 Å². The topological polar surface area (TPSA) is 66.1 Å². The van der Waals surface area contributed by atoms with Gasteiger partial charge in [-0.3, -0.25) is 14.7 Å². The largest absolute Gasteiger partial charge is 0.316 e. The lowest BCUT2D eigenvalue weighted by atomic mass is 10.3. The van der Waals surface area contributed by atoms with Crippen LogP contribution in [0.5, 0.6) is 5.75 Å². The molecule has 1 N–H and O–H groups in total. The van der Waals surface area contributed by atoms with Crippen molar-refractivity contribution in [1.82, 2.24) is 0 Å². The van der Waals surface area contributed by atoms with Crippen molar-refractivity contribution in [3.8, 4) is 5.75 Å². The smallest absolute Gasteiger partial charge is 0.288 e. The summed E-state index contributed by atoms with van der Waals surface area (Å²) >= 11 is 0. The highest BCUT2D eigenvalue weighted by molar-refractivity contribution is 6.29. The van der Waals surface area contributed by atoms with Crippen molar-refractivity contribution >= 4 is 17.9 Å². The van der Waals surface area contributed by atoms with Crippen molar-refractivity contribution in [1.29, 1.82) is 0 Å².